The summed E-state index contributed by atoms with van der Waals surface area (Å²) in [5.74, 6) is -1.60. The summed E-state index contributed by atoms with van der Waals surface area (Å²) in [5.41, 5.74) is 6.46. The largest absolute Gasteiger partial charge is 0.481 e. The molecule has 2 amide bonds. The van der Waals surface area contributed by atoms with E-state index in [1.807, 2.05) is 36.4 Å². The predicted molar refractivity (Wildman–Crippen MR) is 87.8 cm³/mol. The van der Waals surface area contributed by atoms with Gasteiger partial charge in [-0.05, 0) is 28.8 Å². The van der Waals surface area contributed by atoms with Crippen molar-refractivity contribution in [2.75, 3.05) is 0 Å². The van der Waals surface area contributed by atoms with Gasteiger partial charge < -0.3 is 10.4 Å². The maximum absolute atomic E-state index is 11.7. The van der Waals surface area contributed by atoms with Gasteiger partial charge in [-0.15, -0.1) is 0 Å². The molecule has 5 N–H and O–H groups in total. The maximum Gasteiger partial charge on any atom is 0.341 e. The Morgan fingerprint density at radius 2 is 1.71 bits per heavy atom. The monoisotopic (exact) mass is 327 g/mol. The molecule has 0 radical (unpaired) electrons. The Labute approximate surface area is 139 Å². The van der Waals surface area contributed by atoms with Crippen LogP contribution in [0.15, 0.2) is 48.5 Å². The minimum atomic E-state index is -1.00. The molecule has 2 rings (SSSR count). The topological polar surface area (TPSA) is 111 Å². The molecule has 2 aromatic carbocycles. The second-order valence-corrected chi connectivity index (χ2v) is 5.34. The molecule has 2 aromatic rings. The highest BCUT2D eigenvalue weighted by molar-refractivity contribution is 5.95. The Morgan fingerprint density at radius 1 is 1.00 bits per heavy atom. The van der Waals surface area contributed by atoms with Gasteiger partial charge in [-0.25, -0.2) is 4.79 Å². The van der Waals surface area contributed by atoms with Gasteiger partial charge >= 0.3 is 11.9 Å². The number of hydrogen-bond acceptors (Lipinski definition) is 3. The molecule has 0 aromatic heterocycles. The van der Waals surface area contributed by atoms with E-state index in [4.69, 9.17) is 5.11 Å². The van der Waals surface area contributed by atoms with Crippen LogP contribution >= 0.6 is 0 Å². The van der Waals surface area contributed by atoms with Crippen LogP contribution in [0.3, 0.4) is 0 Å². The van der Waals surface area contributed by atoms with Crippen LogP contribution in [0.2, 0.25) is 0 Å². The number of carbonyl (C=O) groups excluding carboxylic acids is 2. The molecule has 124 valence electrons. The molecular weight excluding hydrogens is 308 g/mol. The molecule has 0 aliphatic carbocycles. The van der Waals surface area contributed by atoms with Crippen molar-refractivity contribution in [1.82, 2.24) is 5.32 Å². The zero-order chi connectivity index (χ0) is 17.5. The van der Waals surface area contributed by atoms with Gasteiger partial charge in [0.2, 0.25) is 5.91 Å². The lowest BCUT2D eigenvalue weighted by molar-refractivity contribution is -0.254. The molecule has 0 fully saturated rings. The molecule has 0 saturated heterocycles. The van der Waals surface area contributed by atoms with Gasteiger partial charge in [0, 0.05) is 13.0 Å². The lowest BCUT2D eigenvalue weighted by atomic mass is 9.97. The molecule has 0 saturated carbocycles. The molecule has 6 heteroatoms. The summed E-state index contributed by atoms with van der Waals surface area (Å²) in [7, 11) is 0. The summed E-state index contributed by atoms with van der Waals surface area (Å²) < 4.78 is 0. The summed E-state index contributed by atoms with van der Waals surface area (Å²) in [4.78, 5) is 33.8. The Hall–Kier alpha value is -2.99. The van der Waals surface area contributed by atoms with Crippen molar-refractivity contribution in [1.29, 1.82) is 0 Å². The molecule has 24 heavy (non-hydrogen) atoms. The highest BCUT2D eigenvalue weighted by Gasteiger charge is 2.14. The first-order valence-electron chi connectivity index (χ1n) is 7.50. The van der Waals surface area contributed by atoms with E-state index in [9.17, 15) is 14.4 Å². The van der Waals surface area contributed by atoms with Crippen molar-refractivity contribution in [2.45, 2.75) is 19.4 Å². The van der Waals surface area contributed by atoms with E-state index in [0.717, 1.165) is 16.7 Å². The van der Waals surface area contributed by atoms with E-state index < -0.39 is 5.97 Å². The van der Waals surface area contributed by atoms with Gasteiger partial charge in [0.25, 0.3) is 0 Å². The quantitative estimate of drug-likeness (QED) is 0.710. The summed E-state index contributed by atoms with van der Waals surface area (Å²) in [6.07, 6.45) is -0.258. The van der Waals surface area contributed by atoms with Gasteiger partial charge in [0.1, 0.15) is 0 Å². The summed E-state index contributed by atoms with van der Waals surface area (Å²) in [6.45, 7) is 0.268. The van der Waals surface area contributed by atoms with Crippen LogP contribution in [-0.4, -0.2) is 22.9 Å². The fourth-order valence-electron chi connectivity index (χ4n) is 2.31. The number of carboxylic acids is 1. The summed E-state index contributed by atoms with van der Waals surface area (Å²) in [5, 5.41) is 11.3. The van der Waals surface area contributed by atoms with Crippen molar-refractivity contribution in [3.63, 3.8) is 0 Å². The van der Waals surface area contributed by atoms with Crippen LogP contribution < -0.4 is 11.1 Å². The van der Waals surface area contributed by atoms with E-state index in [2.05, 4.69) is 11.1 Å². The number of carbonyl (C=O) groups is 3. The van der Waals surface area contributed by atoms with Crippen LogP contribution in [0.5, 0.6) is 0 Å². The Balaban J connectivity index is 2.16. The van der Waals surface area contributed by atoms with E-state index in [1.54, 1.807) is 12.1 Å². The smallest absolute Gasteiger partial charge is 0.341 e. The molecule has 0 atom stereocenters. The molecule has 0 unspecified atom stereocenters. The van der Waals surface area contributed by atoms with Gasteiger partial charge in [0.15, 0.2) is 0 Å². The van der Waals surface area contributed by atoms with E-state index in [-0.39, 0.29) is 31.2 Å². The number of benzene rings is 2. The zero-order valence-electron chi connectivity index (χ0n) is 13.1. The van der Waals surface area contributed by atoms with Gasteiger partial charge in [-0.2, -0.15) is 0 Å². The number of quaternary nitrogens is 1. The van der Waals surface area contributed by atoms with Crippen molar-refractivity contribution in [2.24, 2.45) is 0 Å². The first kappa shape index (κ1) is 17.4. The van der Waals surface area contributed by atoms with E-state index >= 15 is 0 Å². The first-order valence-corrected chi connectivity index (χ1v) is 7.50. The third-order valence-electron chi connectivity index (χ3n) is 3.52. The van der Waals surface area contributed by atoms with Crippen molar-refractivity contribution >= 4 is 17.8 Å². The predicted octanol–water partition coefficient (Wildman–Crippen LogP) is 1.22. The Bertz CT molecular complexity index is 757. The van der Waals surface area contributed by atoms with Crippen LogP contribution in [0, 0.1) is 0 Å². The molecule has 6 nitrogen and oxygen atoms in total. The SMILES string of the molecule is [NH3+]C(=O)c1ccc(CNC(=O)CCC(=O)O)cc1-c1ccccc1. The second-order valence-electron chi connectivity index (χ2n) is 5.34. The lowest BCUT2D eigenvalue weighted by Crippen LogP contribution is -2.56. The highest BCUT2D eigenvalue weighted by atomic mass is 16.4. The average molecular weight is 327 g/mol. The molecule has 0 aliphatic rings. The Kier molecular flexibility index (Phi) is 5.81. The van der Waals surface area contributed by atoms with E-state index in [0.29, 0.717) is 5.56 Å². The highest BCUT2D eigenvalue weighted by Crippen LogP contribution is 2.24. The van der Waals surface area contributed by atoms with Crippen LogP contribution in [0.25, 0.3) is 11.1 Å². The third-order valence-corrected chi connectivity index (χ3v) is 3.52. The number of nitrogens with one attached hydrogen (secondary N) is 1. The average Bonchev–Trinajstić information content (AvgIpc) is 2.58. The summed E-state index contributed by atoms with van der Waals surface area (Å²) >= 11 is 0. The van der Waals surface area contributed by atoms with Crippen molar-refractivity contribution in [3.8, 4) is 11.1 Å². The van der Waals surface area contributed by atoms with Crippen LogP contribution in [0.1, 0.15) is 28.8 Å². The first-order chi connectivity index (χ1) is 11.5. The number of amides is 2. The summed E-state index contributed by atoms with van der Waals surface area (Å²) in [6, 6.07) is 14.7. The van der Waals surface area contributed by atoms with Crippen molar-refractivity contribution < 1.29 is 25.2 Å². The van der Waals surface area contributed by atoms with Gasteiger partial charge in [0.05, 0.1) is 12.0 Å². The Morgan fingerprint density at radius 3 is 2.33 bits per heavy atom. The zero-order valence-corrected chi connectivity index (χ0v) is 13.1. The number of aliphatic carboxylic acids is 1. The fourth-order valence-corrected chi connectivity index (χ4v) is 2.31. The number of carboxylic acid groups (broad SMARTS) is 1. The third kappa shape index (κ3) is 4.76. The lowest BCUT2D eigenvalue weighted by Gasteiger charge is -2.10. The van der Waals surface area contributed by atoms with E-state index in [1.165, 1.54) is 0 Å². The van der Waals surface area contributed by atoms with Gasteiger partial charge in [-0.1, -0.05) is 36.4 Å². The second kappa shape index (κ2) is 8.03. The molecule has 0 spiro atoms. The van der Waals surface area contributed by atoms with Crippen molar-refractivity contribution in [3.05, 3.63) is 59.7 Å². The fraction of sp³-hybridized carbons (Fsp3) is 0.167. The minimum absolute atomic E-state index is 0.0592. The standard InChI is InChI=1S/C18H18N2O4/c19-18(24)14-7-6-12(11-20-16(21)8-9-17(22)23)10-15(14)13-4-2-1-3-5-13/h1-7,10H,8-9,11H2,(H2,19,24)(H,20,21)(H,22,23)/p+1. The minimum Gasteiger partial charge on any atom is -0.481 e. The molecule has 0 heterocycles. The molecule has 0 bridgehead atoms. The van der Waals surface area contributed by atoms with Crippen LogP contribution in [0.4, 0.5) is 0 Å². The molecular formula is C18H19N2O4+. The number of hydrogen-bond donors (Lipinski definition) is 3. The normalized spacial score (nSPS) is 10.2. The number of rotatable bonds is 7. The maximum atomic E-state index is 11.7. The molecule has 0 aliphatic heterocycles. The van der Waals surface area contributed by atoms with Crippen LogP contribution in [-0.2, 0) is 16.1 Å². The van der Waals surface area contributed by atoms with Gasteiger partial charge in [-0.3, -0.25) is 15.3 Å².